The van der Waals surface area contributed by atoms with Gasteiger partial charge in [-0.1, -0.05) is 12.1 Å². The first kappa shape index (κ1) is 16.9. The summed E-state index contributed by atoms with van der Waals surface area (Å²) in [5.41, 5.74) is 1.08. The summed E-state index contributed by atoms with van der Waals surface area (Å²) in [6.07, 6.45) is 1.57. The van der Waals surface area contributed by atoms with E-state index >= 15 is 0 Å². The van der Waals surface area contributed by atoms with E-state index in [4.69, 9.17) is 4.74 Å². The number of pyridine rings is 1. The molecule has 0 saturated heterocycles. The fourth-order valence-corrected chi connectivity index (χ4v) is 2.47. The van der Waals surface area contributed by atoms with Gasteiger partial charge in [0.15, 0.2) is 0 Å². The Hall–Kier alpha value is -3.92. The zero-order chi connectivity index (χ0) is 18.7. The summed E-state index contributed by atoms with van der Waals surface area (Å²) in [7, 11) is 1.59. The molecule has 0 aliphatic rings. The highest BCUT2D eigenvalue weighted by Crippen LogP contribution is 2.36. The van der Waals surface area contributed by atoms with E-state index in [-0.39, 0.29) is 11.2 Å². The minimum absolute atomic E-state index is 0.102. The third kappa shape index (κ3) is 3.30. The van der Waals surface area contributed by atoms with Gasteiger partial charge in [0.1, 0.15) is 17.6 Å². The second-order valence-corrected chi connectivity index (χ2v) is 5.51. The van der Waals surface area contributed by atoms with Gasteiger partial charge in [-0.25, -0.2) is 0 Å². The van der Waals surface area contributed by atoms with E-state index in [1.54, 1.807) is 43.6 Å². The van der Waals surface area contributed by atoms with Gasteiger partial charge in [-0.05, 0) is 24.3 Å². The molecule has 0 aliphatic carbocycles. The molecular weight excluding hydrogens is 334 g/mol. The van der Waals surface area contributed by atoms with Crippen LogP contribution >= 0.6 is 0 Å². The zero-order valence-corrected chi connectivity index (χ0v) is 13.7. The van der Waals surface area contributed by atoms with E-state index in [1.807, 2.05) is 6.07 Å². The van der Waals surface area contributed by atoms with E-state index in [9.17, 15) is 20.2 Å². The van der Waals surface area contributed by atoms with Crippen LogP contribution in [-0.2, 0) is 7.05 Å². The summed E-state index contributed by atoms with van der Waals surface area (Å²) in [4.78, 5) is 22.3. The maximum atomic E-state index is 11.6. The summed E-state index contributed by atoms with van der Waals surface area (Å²) in [5.74, 6) is 0.687. The Labute approximate surface area is 148 Å². The number of para-hydroxylation sites is 1. The molecule has 7 heteroatoms. The normalized spacial score (nSPS) is 10.2. The van der Waals surface area contributed by atoms with Crippen molar-refractivity contribution >= 4 is 5.69 Å². The fraction of sp³-hybridized carbons (Fsp3) is 0.0526. The highest BCUT2D eigenvalue weighted by molar-refractivity contribution is 5.73. The smallest absolute Gasteiger partial charge is 0.270 e. The Kier molecular flexibility index (Phi) is 4.50. The number of aryl methyl sites for hydroxylation is 1. The molecule has 0 bridgehead atoms. The van der Waals surface area contributed by atoms with Gasteiger partial charge >= 0.3 is 0 Å². The topological polar surface area (TPSA) is 98.2 Å². The van der Waals surface area contributed by atoms with Gasteiger partial charge in [0.2, 0.25) is 5.56 Å². The van der Waals surface area contributed by atoms with Crippen LogP contribution in [0.4, 0.5) is 5.69 Å². The van der Waals surface area contributed by atoms with Crippen molar-refractivity contribution in [2.75, 3.05) is 0 Å². The molecule has 0 unspecified atom stereocenters. The zero-order valence-electron chi connectivity index (χ0n) is 13.7. The lowest BCUT2D eigenvalue weighted by atomic mass is 10.1. The molecule has 0 fully saturated rings. The quantitative estimate of drug-likeness (QED) is 0.530. The van der Waals surface area contributed by atoms with Gasteiger partial charge < -0.3 is 9.30 Å². The van der Waals surface area contributed by atoms with Crippen LogP contribution in [0.25, 0.3) is 11.1 Å². The van der Waals surface area contributed by atoms with Gasteiger partial charge in [-0.3, -0.25) is 14.9 Å². The molecule has 0 aliphatic heterocycles. The van der Waals surface area contributed by atoms with Crippen LogP contribution in [0.1, 0.15) is 5.56 Å². The predicted octanol–water partition coefficient (Wildman–Crippen LogP) is 3.62. The Morgan fingerprint density at radius 3 is 2.58 bits per heavy atom. The van der Waals surface area contributed by atoms with Crippen LogP contribution in [0, 0.1) is 21.4 Å². The van der Waals surface area contributed by atoms with Crippen LogP contribution < -0.4 is 10.3 Å². The Morgan fingerprint density at radius 2 is 1.88 bits per heavy atom. The van der Waals surface area contributed by atoms with Crippen molar-refractivity contribution in [2.45, 2.75) is 0 Å². The van der Waals surface area contributed by atoms with Gasteiger partial charge in [0, 0.05) is 42.6 Å². The molecule has 26 heavy (non-hydrogen) atoms. The van der Waals surface area contributed by atoms with Crippen molar-refractivity contribution < 1.29 is 9.66 Å². The van der Waals surface area contributed by atoms with E-state index in [2.05, 4.69) is 0 Å². The molecular formula is C19H13N3O4. The van der Waals surface area contributed by atoms with E-state index in [0.29, 0.717) is 28.2 Å². The molecule has 3 aromatic rings. The van der Waals surface area contributed by atoms with Crippen LogP contribution in [0.15, 0.2) is 65.6 Å². The number of nitriles is 1. The van der Waals surface area contributed by atoms with Crippen molar-refractivity contribution in [3.05, 3.63) is 86.8 Å². The summed E-state index contributed by atoms with van der Waals surface area (Å²) in [5, 5.41) is 20.4. The molecule has 1 heterocycles. The van der Waals surface area contributed by atoms with Gasteiger partial charge in [-0.15, -0.1) is 0 Å². The number of non-ortho nitro benzene ring substituents is 1. The largest absolute Gasteiger partial charge is 0.455 e. The molecule has 0 atom stereocenters. The standard InChI is InChI=1S/C19H13N3O4/c1-21-12-14(6-9-19(21)23)16-10-15(22(24)25)7-8-18(16)26-17-5-3-2-4-13(17)11-20/h2-10,12H,1H3. The van der Waals surface area contributed by atoms with Crippen LogP contribution in [0.2, 0.25) is 0 Å². The summed E-state index contributed by atoms with van der Waals surface area (Å²) >= 11 is 0. The SMILES string of the molecule is Cn1cc(-c2cc([N+](=O)[O-])ccc2Oc2ccccc2C#N)ccc1=O. The number of aromatic nitrogens is 1. The van der Waals surface area contributed by atoms with Gasteiger partial charge in [-0.2, -0.15) is 5.26 Å². The number of nitrogens with zero attached hydrogens (tertiary/aromatic N) is 3. The summed E-state index contributed by atoms with van der Waals surface area (Å²) in [6, 6.07) is 15.9. The first-order chi connectivity index (χ1) is 12.5. The lowest BCUT2D eigenvalue weighted by Gasteiger charge is -2.13. The third-order valence-electron chi connectivity index (χ3n) is 3.80. The average molecular weight is 347 g/mol. The molecule has 3 rings (SSSR count). The third-order valence-corrected chi connectivity index (χ3v) is 3.80. The molecule has 2 aromatic carbocycles. The maximum Gasteiger partial charge on any atom is 0.270 e. The van der Waals surface area contributed by atoms with Crippen LogP contribution in [0.5, 0.6) is 11.5 Å². The van der Waals surface area contributed by atoms with Crippen molar-refractivity contribution in [3.8, 4) is 28.7 Å². The van der Waals surface area contributed by atoms with Crippen molar-refractivity contribution in [1.82, 2.24) is 4.57 Å². The molecule has 0 amide bonds. The number of benzene rings is 2. The number of ether oxygens (including phenoxy) is 1. The first-order valence-corrected chi connectivity index (χ1v) is 7.62. The van der Waals surface area contributed by atoms with Gasteiger partial charge in [0.25, 0.3) is 5.69 Å². The number of nitro groups is 1. The Bertz CT molecular complexity index is 1100. The summed E-state index contributed by atoms with van der Waals surface area (Å²) in [6.45, 7) is 0. The lowest BCUT2D eigenvalue weighted by Crippen LogP contribution is -2.14. The van der Waals surface area contributed by atoms with Crippen molar-refractivity contribution in [1.29, 1.82) is 5.26 Å². The van der Waals surface area contributed by atoms with Crippen molar-refractivity contribution in [3.63, 3.8) is 0 Å². The highest BCUT2D eigenvalue weighted by Gasteiger charge is 2.16. The minimum atomic E-state index is -0.502. The predicted molar refractivity (Wildman–Crippen MR) is 95.0 cm³/mol. The number of hydrogen-bond acceptors (Lipinski definition) is 5. The molecule has 0 radical (unpaired) electrons. The Balaban J connectivity index is 2.16. The average Bonchev–Trinajstić information content (AvgIpc) is 2.64. The van der Waals surface area contributed by atoms with E-state index in [1.165, 1.54) is 28.8 Å². The second kappa shape index (κ2) is 6.91. The first-order valence-electron chi connectivity index (χ1n) is 7.62. The van der Waals surface area contributed by atoms with Crippen LogP contribution in [0.3, 0.4) is 0 Å². The molecule has 0 saturated carbocycles. The maximum absolute atomic E-state index is 11.6. The van der Waals surface area contributed by atoms with Crippen LogP contribution in [-0.4, -0.2) is 9.49 Å². The number of nitro benzene ring substituents is 1. The number of rotatable bonds is 4. The lowest BCUT2D eigenvalue weighted by molar-refractivity contribution is -0.384. The monoisotopic (exact) mass is 347 g/mol. The van der Waals surface area contributed by atoms with E-state index < -0.39 is 4.92 Å². The fourth-order valence-electron chi connectivity index (χ4n) is 2.47. The number of hydrogen-bond donors (Lipinski definition) is 0. The highest BCUT2D eigenvalue weighted by atomic mass is 16.6. The molecule has 1 aromatic heterocycles. The van der Waals surface area contributed by atoms with Crippen molar-refractivity contribution in [2.24, 2.45) is 7.05 Å². The minimum Gasteiger partial charge on any atom is -0.455 e. The van der Waals surface area contributed by atoms with Gasteiger partial charge in [0.05, 0.1) is 10.5 Å². The molecule has 128 valence electrons. The Morgan fingerprint density at radius 1 is 1.12 bits per heavy atom. The summed E-state index contributed by atoms with van der Waals surface area (Å²) < 4.78 is 7.23. The molecule has 0 spiro atoms. The molecule has 0 N–H and O–H groups in total. The second-order valence-electron chi connectivity index (χ2n) is 5.51. The van der Waals surface area contributed by atoms with E-state index in [0.717, 1.165) is 0 Å². The molecule has 7 nitrogen and oxygen atoms in total.